The minimum Gasteiger partial charge on any atom is -0.462 e. The molecule has 27 heavy (non-hydrogen) atoms. The Bertz CT molecular complexity index is 937. The van der Waals surface area contributed by atoms with E-state index in [0.717, 1.165) is 11.3 Å². The summed E-state index contributed by atoms with van der Waals surface area (Å²) in [6, 6.07) is 0. The maximum Gasteiger partial charge on any atom is 0.362 e. The molecule has 0 radical (unpaired) electrons. The second kappa shape index (κ2) is 8.14. The van der Waals surface area contributed by atoms with Crippen molar-refractivity contribution in [1.29, 1.82) is 0 Å². The number of H-pyrrole nitrogens is 1. The van der Waals surface area contributed by atoms with Crippen molar-refractivity contribution in [3.63, 3.8) is 0 Å². The van der Waals surface area contributed by atoms with Gasteiger partial charge in [0.2, 0.25) is 0 Å². The fourth-order valence-electron chi connectivity index (χ4n) is 2.10. The summed E-state index contributed by atoms with van der Waals surface area (Å²) in [5.74, 6) is -3.08. The van der Waals surface area contributed by atoms with Gasteiger partial charge < -0.3 is 25.9 Å². The highest BCUT2D eigenvalue weighted by atomic mass is 35.5. The highest BCUT2D eigenvalue weighted by Crippen LogP contribution is 2.34. The van der Waals surface area contributed by atoms with Gasteiger partial charge in [0.15, 0.2) is 10.7 Å². The van der Waals surface area contributed by atoms with Gasteiger partial charge in [-0.25, -0.2) is 4.79 Å². The van der Waals surface area contributed by atoms with Gasteiger partial charge in [-0.15, -0.1) is 16.4 Å². The largest absolute Gasteiger partial charge is 0.462 e. The average Bonchev–Trinajstić information content (AvgIpc) is 3.13. The summed E-state index contributed by atoms with van der Waals surface area (Å²) >= 11 is 6.56. The van der Waals surface area contributed by atoms with Crippen molar-refractivity contribution in [3.05, 3.63) is 36.8 Å². The predicted octanol–water partition coefficient (Wildman–Crippen LogP) is 2.26. The highest BCUT2D eigenvalue weighted by molar-refractivity contribution is 7.18. The number of aromatic amines is 1. The summed E-state index contributed by atoms with van der Waals surface area (Å²) in [5.41, 5.74) is 5.07. The lowest BCUT2D eigenvalue weighted by Gasteiger charge is -2.06. The summed E-state index contributed by atoms with van der Waals surface area (Å²) in [4.78, 5) is 46.3. The lowest BCUT2D eigenvalue weighted by Crippen LogP contribution is -2.16. The summed E-state index contributed by atoms with van der Waals surface area (Å²) in [7, 11) is 0. The van der Waals surface area contributed by atoms with Crippen LogP contribution in [0.25, 0.3) is 0 Å². The van der Waals surface area contributed by atoms with Crippen molar-refractivity contribution >= 4 is 51.5 Å². The van der Waals surface area contributed by atoms with Gasteiger partial charge in [-0.3, -0.25) is 9.59 Å². The maximum atomic E-state index is 12.4. The predicted molar refractivity (Wildman–Crippen MR) is 96.4 cm³/mol. The fourth-order valence-corrected chi connectivity index (χ4v) is 3.38. The summed E-state index contributed by atoms with van der Waals surface area (Å²) in [6.07, 6.45) is 0.575. The molecule has 2 heterocycles. The third-order valence-corrected chi connectivity index (χ3v) is 4.91. The molecule has 0 aliphatic heterocycles. The topological polar surface area (TPSA) is 170 Å². The molecule has 0 saturated carbocycles. The molecular formula is C14H14ClN5O6S. The number of primary amides is 1. The number of esters is 1. The third-order valence-electron chi connectivity index (χ3n) is 3.33. The van der Waals surface area contributed by atoms with E-state index in [1.54, 1.807) is 6.92 Å². The van der Waals surface area contributed by atoms with Crippen LogP contribution < -0.4 is 11.1 Å². The number of halogens is 1. The van der Waals surface area contributed by atoms with Gasteiger partial charge in [0.1, 0.15) is 5.00 Å². The average molecular weight is 416 g/mol. The number of aromatic nitrogens is 2. The Morgan fingerprint density at radius 1 is 1.44 bits per heavy atom. The van der Waals surface area contributed by atoms with Gasteiger partial charge in [-0.2, -0.15) is 0 Å². The number of nitrogens with one attached hydrogen (secondary N) is 2. The first-order valence-corrected chi connectivity index (χ1v) is 8.68. The number of nitrogens with zero attached hydrogens (tertiary/aromatic N) is 2. The van der Waals surface area contributed by atoms with Gasteiger partial charge in [0.25, 0.3) is 11.8 Å². The lowest BCUT2D eigenvalue weighted by molar-refractivity contribution is -0.389. The van der Waals surface area contributed by atoms with Crippen LogP contribution in [0.3, 0.4) is 0 Å². The Morgan fingerprint density at radius 2 is 2.11 bits per heavy atom. The number of hydrogen-bond donors (Lipinski definition) is 3. The van der Waals surface area contributed by atoms with Crippen LogP contribution in [0.15, 0.2) is 0 Å². The van der Waals surface area contributed by atoms with Crippen LogP contribution in [0, 0.1) is 17.0 Å². The Balaban J connectivity index is 2.41. The number of carbonyl (C=O) groups is 3. The number of anilines is 1. The number of nitro groups is 1. The standard InChI is InChI=1S/C14H14ClN5O6S/c1-3-4-26-14(23)6-5(2)9(10(16)21)27-13(6)17-12(22)8-7(15)11(19-18-8)20(24)25/h3-4H2,1-2H3,(H2,16,21)(H,17,22)(H,18,19). The van der Waals surface area contributed by atoms with E-state index >= 15 is 0 Å². The molecule has 0 atom stereocenters. The lowest BCUT2D eigenvalue weighted by atomic mass is 10.1. The van der Waals surface area contributed by atoms with E-state index in [4.69, 9.17) is 22.1 Å². The zero-order chi connectivity index (χ0) is 20.3. The molecular weight excluding hydrogens is 402 g/mol. The smallest absolute Gasteiger partial charge is 0.362 e. The molecule has 0 bridgehead atoms. The zero-order valence-corrected chi connectivity index (χ0v) is 15.7. The number of ether oxygens (including phenoxy) is 1. The van der Waals surface area contributed by atoms with Crippen LogP contribution >= 0.6 is 22.9 Å². The van der Waals surface area contributed by atoms with Crippen molar-refractivity contribution in [3.8, 4) is 0 Å². The normalized spacial score (nSPS) is 10.5. The van der Waals surface area contributed by atoms with Gasteiger partial charge >= 0.3 is 11.8 Å². The van der Waals surface area contributed by atoms with E-state index in [9.17, 15) is 24.5 Å². The zero-order valence-electron chi connectivity index (χ0n) is 14.1. The summed E-state index contributed by atoms with van der Waals surface area (Å²) in [5, 5.41) is 18.2. The van der Waals surface area contributed by atoms with E-state index in [2.05, 4.69) is 10.4 Å². The van der Waals surface area contributed by atoms with Crippen molar-refractivity contribution in [2.45, 2.75) is 20.3 Å². The Hall–Kier alpha value is -2.99. The number of hydrogen-bond acceptors (Lipinski definition) is 8. The molecule has 0 saturated heterocycles. The van der Waals surface area contributed by atoms with Gasteiger partial charge in [-0.1, -0.05) is 23.6 Å². The molecule has 0 spiro atoms. The van der Waals surface area contributed by atoms with E-state index in [0.29, 0.717) is 6.42 Å². The molecule has 4 N–H and O–H groups in total. The monoisotopic (exact) mass is 415 g/mol. The van der Waals surface area contributed by atoms with Crippen molar-refractivity contribution < 1.29 is 24.0 Å². The van der Waals surface area contributed by atoms with Crippen LogP contribution in [0.4, 0.5) is 10.8 Å². The molecule has 2 aromatic heterocycles. The molecule has 2 aromatic rings. The number of amides is 2. The van der Waals surface area contributed by atoms with Crippen molar-refractivity contribution in [1.82, 2.24) is 10.2 Å². The Labute approximate surface area is 161 Å². The second-order valence-corrected chi connectivity index (χ2v) is 6.61. The molecule has 0 aliphatic rings. The second-order valence-electron chi connectivity index (χ2n) is 5.21. The van der Waals surface area contributed by atoms with Gasteiger partial charge in [-0.05, 0) is 23.8 Å². The quantitative estimate of drug-likeness (QED) is 0.353. The number of rotatable bonds is 7. The molecule has 2 rings (SSSR count). The summed E-state index contributed by atoms with van der Waals surface area (Å²) < 4.78 is 5.07. The minimum absolute atomic E-state index is 0.00544. The minimum atomic E-state index is -0.911. The van der Waals surface area contributed by atoms with Crippen molar-refractivity contribution in [2.24, 2.45) is 5.73 Å². The molecule has 0 aliphatic carbocycles. The molecule has 2 amide bonds. The SMILES string of the molecule is CCCOC(=O)c1c(NC(=O)c2n[nH]c([N+](=O)[O-])c2Cl)sc(C(N)=O)c1C. The molecule has 0 aromatic carbocycles. The Morgan fingerprint density at radius 3 is 2.63 bits per heavy atom. The van der Waals surface area contributed by atoms with Crippen molar-refractivity contribution in [2.75, 3.05) is 11.9 Å². The van der Waals surface area contributed by atoms with Crippen LogP contribution in [0.2, 0.25) is 5.02 Å². The van der Waals surface area contributed by atoms with Gasteiger partial charge in [0, 0.05) is 0 Å². The molecule has 0 fully saturated rings. The fraction of sp³-hybridized carbons (Fsp3) is 0.286. The maximum absolute atomic E-state index is 12.4. The molecule has 13 heteroatoms. The molecule has 11 nitrogen and oxygen atoms in total. The number of nitrogens with two attached hydrogens (primary N) is 1. The van der Waals surface area contributed by atoms with E-state index < -0.39 is 39.2 Å². The van der Waals surface area contributed by atoms with E-state index in [1.807, 2.05) is 5.10 Å². The van der Waals surface area contributed by atoms with Gasteiger partial charge in [0.05, 0.1) is 17.0 Å². The first-order valence-electron chi connectivity index (χ1n) is 7.48. The Kier molecular flexibility index (Phi) is 6.13. The highest BCUT2D eigenvalue weighted by Gasteiger charge is 2.29. The first-order chi connectivity index (χ1) is 12.7. The van der Waals surface area contributed by atoms with Crippen LogP contribution in [0.1, 0.15) is 49.4 Å². The molecule has 144 valence electrons. The van der Waals surface area contributed by atoms with Crippen LogP contribution in [0.5, 0.6) is 0 Å². The third kappa shape index (κ3) is 4.06. The van der Waals surface area contributed by atoms with Crippen LogP contribution in [-0.4, -0.2) is 39.5 Å². The van der Waals surface area contributed by atoms with Crippen LogP contribution in [-0.2, 0) is 4.74 Å². The first kappa shape index (κ1) is 20.3. The molecule has 0 unspecified atom stereocenters. The van der Waals surface area contributed by atoms with E-state index in [-0.39, 0.29) is 27.6 Å². The number of thiophene rings is 1. The summed E-state index contributed by atoms with van der Waals surface area (Å²) in [6.45, 7) is 3.43. The van der Waals surface area contributed by atoms with E-state index in [1.165, 1.54) is 6.92 Å². The number of carbonyl (C=O) groups excluding carboxylic acids is 3.